The number of ether oxygens (including phenoxy) is 9. The van der Waals surface area contributed by atoms with Gasteiger partial charge in [-0.2, -0.15) is 4.98 Å². The van der Waals surface area contributed by atoms with Crippen molar-refractivity contribution in [1.82, 2.24) is 115 Å². The van der Waals surface area contributed by atoms with Gasteiger partial charge in [-0.1, -0.05) is 106 Å². The number of anilines is 3. The van der Waals surface area contributed by atoms with Gasteiger partial charge in [0.15, 0.2) is 65.0 Å². The largest absolute Gasteiger partial charge is 0.466 e. The number of carbonyl (C=O) groups is 10. The molecular weight excluding hydrogens is 2120 g/mol. The number of thioether (sulfide) groups is 7. The number of aldehydes is 1. The number of carbonyl (C=O) groups excluding carboxylic acids is 10. The van der Waals surface area contributed by atoms with Gasteiger partial charge in [0.2, 0.25) is 15.0 Å². The summed E-state index contributed by atoms with van der Waals surface area (Å²) >= 11 is 21.4. The summed E-state index contributed by atoms with van der Waals surface area (Å²) in [7, 11) is -0.983. The number of aliphatic hydroxyl groups excluding tert-OH is 1. The molecule has 0 saturated heterocycles. The zero-order valence-corrected chi connectivity index (χ0v) is 89.8. The Bertz CT molecular complexity index is 7100. The fraction of sp³-hybridized carbons (Fsp3) is 0.307. The third-order valence-electron chi connectivity index (χ3n) is 16.8. The number of aromatic amines is 1. The van der Waals surface area contributed by atoms with Crippen molar-refractivity contribution in [2.45, 2.75) is 110 Å². The molecular formula is C88H98Cl2N26O23S8. The molecule has 14 rings (SSSR count). The number of pyridine rings is 5. The summed E-state index contributed by atoms with van der Waals surface area (Å²) in [5, 5.41) is 15.9. The molecule has 0 aliphatic heterocycles. The van der Waals surface area contributed by atoms with E-state index in [1.807, 2.05) is 43.8 Å². The lowest BCUT2D eigenvalue weighted by Gasteiger charge is -2.05. The summed E-state index contributed by atoms with van der Waals surface area (Å²) in [6.45, 7) is 15.9. The van der Waals surface area contributed by atoms with E-state index in [-0.39, 0.29) is 112 Å². The average molecular weight is 2220 g/mol. The molecule has 0 spiro atoms. The van der Waals surface area contributed by atoms with E-state index in [0.717, 1.165) is 17.0 Å². The molecule has 59 heteroatoms. The number of aromatic nitrogens is 23. The lowest BCUT2D eigenvalue weighted by Crippen LogP contribution is -2.19. The number of esters is 9. The zero-order chi connectivity index (χ0) is 109. The molecule has 0 atom stereocenters. The van der Waals surface area contributed by atoms with Gasteiger partial charge in [0, 0.05) is 113 Å². The van der Waals surface area contributed by atoms with Gasteiger partial charge in [0.25, 0.3) is 5.56 Å². The van der Waals surface area contributed by atoms with Crippen molar-refractivity contribution in [2.24, 2.45) is 0 Å². The van der Waals surface area contributed by atoms with Crippen molar-refractivity contribution >= 4 is 248 Å². The molecule has 147 heavy (non-hydrogen) atoms. The quantitative estimate of drug-likeness (QED) is 0.00491. The average Bonchev–Trinajstić information content (AvgIpc) is 0.935. The van der Waals surface area contributed by atoms with Gasteiger partial charge in [0.1, 0.15) is 62.3 Å². The van der Waals surface area contributed by atoms with Crippen LogP contribution in [-0.4, -0.2) is 299 Å². The Balaban J connectivity index is 0.000000289. The summed E-state index contributed by atoms with van der Waals surface area (Å²) in [5.74, 6) is -3.12. The molecule has 0 bridgehead atoms. The molecule has 0 saturated carbocycles. The normalized spacial score (nSPS) is 10.3. The number of aryl methyl sites for hydroxylation is 1. The van der Waals surface area contributed by atoms with Gasteiger partial charge in [-0.3, -0.25) is 19.2 Å². The monoisotopic (exact) mass is 2210 g/mol. The molecule has 0 fully saturated rings. The second-order valence-corrected chi connectivity index (χ2v) is 34.7. The number of nitrogens with two attached hydrogens (primary N) is 3. The molecule has 780 valence electrons. The highest BCUT2D eigenvalue weighted by Crippen LogP contribution is 2.25. The number of nitrogens with zero attached hydrogens (tertiary/aromatic N) is 22. The van der Waals surface area contributed by atoms with Gasteiger partial charge in [-0.05, 0) is 130 Å². The predicted octanol–water partition coefficient (Wildman–Crippen LogP) is 11.4. The lowest BCUT2D eigenvalue weighted by molar-refractivity contribution is -0.154. The van der Waals surface area contributed by atoms with Crippen LogP contribution in [0.4, 0.5) is 17.5 Å². The first-order valence-corrected chi connectivity index (χ1v) is 53.4. The van der Waals surface area contributed by atoms with Gasteiger partial charge in [0.05, 0.1) is 94.9 Å². The number of fused-ring (bicyclic) bond motifs is 5. The molecule has 0 amide bonds. The van der Waals surface area contributed by atoms with Gasteiger partial charge >= 0.3 is 53.7 Å². The van der Waals surface area contributed by atoms with Crippen molar-refractivity contribution in [3.63, 3.8) is 0 Å². The fourth-order valence-corrected chi connectivity index (χ4v) is 13.4. The highest BCUT2D eigenvalue weighted by molar-refractivity contribution is 7.99. The first-order chi connectivity index (χ1) is 70.3. The molecule has 0 aromatic carbocycles. The first-order valence-electron chi connectivity index (χ1n) is 42.1. The Hall–Kier alpha value is -14.2. The van der Waals surface area contributed by atoms with Crippen molar-refractivity contribution in [1.29, 1.82) is 0 Å². The molecule has 8 N–H and O–H groups in total. The second kappa shape index (κ2) is 64.6. The van der Waals surface area contributed by atoms with E-state index in [9.17, 15) is 61.2 Å². The van der Waals surface area contributed by atoms with Crippen LogP contribution in [0.2, 0.25) is 10.3 Å². The van der Waals surface area contributed by atoms with Crippen LogP contribution in [0.25, 0.3) is 55.2 Å². The Morgan fingerprint density at radius 1 is 0.374 bits per heavy atom. The van der Waals surface area contributed by atoms with E-state index >= 15 is 0 Å². The molecule has 14 aromatic heterocycles. The maximum absolute atomic E-state index is 11.6. The summed E-state index contributed by atoms with van der Waals surface area (Å²) < 4.78 is 64.9. The zero-order valence-electron chi connectivity index (χ0n) is 81.8. The van der Waals surface area contributed by atoms with E-state index in [4.69, 9.17) is 69.2 Å². The van der Waals surface area contributed by atoms with Crippen molar-refractivity contribution in [3.8, 4) is 0 Å². The third-order valence-corrected chi connectivity index (χ3v) is 22.2. The van der Waals surface area contributed by atoms with Crippen LogP contribution in [-0.2, 0) is 68.7 Å². The van der Waals surface area contributed by atoms with Crippen LogP contribution in [0.1, 0.15) is 149 Å². The van der Waals surface area contributed by atoms with Crippen LogP contribution in [0, 0.1) is 6.92 Å². The smallest absolute Gasteiger partial charge is 0.343 e. The number of hydrogen-bond acceptors (Lipinski definition) is 55. The highest BCUT2D eigenvalue weighted by Gasteiger charge is 2.22. The molecule has 0 unspecified atom stereocenters. The van der Waals surface area contributed by atoms with E-state index in [2.05, 4.69) is 134 Å². The standard InChI is InChI=1S/C11H10ClN3O2S.C11H11N3O4S.C11H11N3O2S.C11H11N3O2.C10H9N3O3S.C8H11N3O2S.C7H7ClN2O2S.C7H12O4.C6H9N3OS.C6H7N3OS/c1-3-17-10(16)7-4-6-5-13-11(18-2)15-9(6)14-8(7)12;1-3-18-10(15)8-4-7-5-13-11(19(2,16)17)14-9(7)12-6-8;1-3-16-10(15)8-4-7-5-13-11(17-2)14-9(7)12-6-8;1-3-16-11(15)9-4-8-5-12-7(2)14-10(8)13-6-9;1-16-9(15)6-3-5-4-11-10(17-2)13-7(5)12-8(6)14;1-3-13-7(12)5-4-10-8(14-2)11-6(5)9;1-12-6(11)4-3-9-7(13-2)10-5(4)8;1-3-10-6(8)5-7(9)11-4-2;2*1-11-6-8-2-4(3-10)5(7)9-6/h4-5H,3H2,1-2H3;4-6H,3H2,1-2H3;4-6H,3H2,1-2H3;4-6H,3H2,1-2H3;3-4H,1-2H3,(H,11,12,13,14);4H,3H2,1-2H3,(H2,9,10,11);3H,1-2H3;3-5H2,1-2H3;2,10H,3H2,1H3,(H2,7,8,9);2-3H,1H3,(H2,7,8,9). The Morgan fingerprint density at radius 3 is 1.16 bits per heavy atom. The molecule has 0 aliphatic carbocycles. The SMILES string of the molecule is CCOC(=O)CC(=O)OCC.CCOC(=O)c1cc2cnc(SC)nc2nc1Cl.CCOC(=O)c1cnc(SC)nc1N.CCOC(=O)c1cnc2nc(C)ncc2c1.CCOC(=O)c1cnc2nc(S(C)(=O)=O)ncc2c1.CCOC(=O)c1cnc2nc(SC)ncc2c1.COC(=O)c1cc2cnc(SC)nc2[nH]c1=O.COC(=O)c1cnc(SC)nc1Cl.CSc1ncc(C=O)c(N)n1.CSc1ncc(CO)c(N)n1. The molecule has 49 nitrogen and oxygen atoms in total. The van der Waals surface area contributed by atoms with Crippen LogP contribution >= 0.6 is 106 Å². The minimum Gasteiger partial charge on any atom is -0.466 e. The molecule has 14 heterocycles. The number of halogens is 2. The molecule has 14 aromatic rings. The number of nitrogens with one attached hydrogen (secondary N) is 1. The topological polar surface area (TPSA) is 703 Å². The van der Waals surface area contributed by atoms with Crippen molar-refractivity contribution < 1.29 is 104 Å². The van der Waals surface area contributed by atoms with Crippen molar-refractivity contribution in [3.05, 3.63) is 181 Å². The minimum atomic E-state index is -3.48. The fourth-order valence-electron chi connectivity index (χ4n) is 10.1. The number of H-pyrrole nitrogens is 1. The molecule has 0 aliphatic rings. The van der Waals surface area contributed by atoms with Gasteiger partial charge < -0.3 is 69.9 Å². The van der Waals surface area contributed by atoms with E-state index in [1.165, 1.54) is 158 Å². The Kier molecular flexibility index (Phi) is 54.2. The van der Waals surface area contributed by atoms with Crippen LogP contribution < -0.4 is 22.8 Å². The summed E-state index contributed by atoms with van der Waals surface area (Å²) in [6.07, 6.45) is 32.0. The lowest BCUT2D eigenvalue weighted by atomic mass is 10.2. The van der Waals surface area contributed by atoms with E-state index in [0.29, 0.717) is 135 Å². The van der Waals surface area contributed by atoms with E-state index in [1.54, 1.807) is 98.4 Å². The third kappa shape index (κ3) is 40.3. The predicted molar refractivity (Wildman–Crippen MR) is 553 cm³/mol. The van der Waals surface area contributed by atoms with Crippen LogP contribution in [0.15, 0.2) is 151 Å². The van der Waals surface area contributed by atoms with Crippen LogP contribution in [0.5, 0.6) is 0 Å². The maximum Gasteiger partial charge on any atom is 0.343 e. The number of nitrogen functional groups attached to an aromatic ring is 3. The number of methoxy groups -OCH3 is 2. The van der Waals surface area contributed by atoms with Gasteiger partial charge in [-0.25, -0.2) is 147 Å². The summed E-state index contributed by atoms with van der Waals surface area (Å²) in [6, 6.07) is 7.88. The van der Waals surface area contributed by atoms with Crippen molar-refractivity contribution in [2.75, 3.05) is 128 Å². The summed E-state index contributed by atoms with van der Waals surface area (Å²) in [4.78, 5) is 213. The number of rotatable bonds is 26. The molecule has 0 radical (unpaired) electrons. The minimum absolute atomic E-state index is 0.0551. The Morgan fingerprint density at radius 2 is 0.728 bits per heavy atom. The number of aliphatic hydroxyl groups is 1. The van der Waals surface area contributed by atoms with Gasteiger partial charge in [-0.15, -0.1) is 0 Å². The first kappa shape index (κ1) is 123. The number of hydrogen-bond donors (Lipinski definition) is 5. The maximum atomic E-state index is 11.6. The highest BCUT2D eigenvalue weighted by atomic mass is 35.5. The Labute approximate surface area is 879 Å². The van der Waals surface area contributed by atoms with E-state index < -0.39 is 57.2 Å². The number of sulfone groups is 1. The summed E-state index contributed by atoms with van der Waals surface area (Å²) in [5.41, 5.74) is 20.8. The second-order valence-electron chi connectivity index (χ2n) is 26.7. The van der Waals surface area contributed by atoms with Crippen LogP contribution in [0.3, 0.4) is 0 Å².